The third-order valence-corrected chi connectivity index (χ3v) is 4.70. The fourth-order valence-corrected chi connectivity index (χ4v) is 3.00. The van der Waals surface area contributed by atoms with Crippen molar-refractivity contribution in [2.75, 3.05) is 38.1 Å². The SMILES string of the molecule is CN1CCN(c2cc(CN=C(N)NCc3ccc(OC(F)(F)F)cc3)ccn2)CC1. The number of rotatable bonds is 6. The second kappa shape index (κ2) is 9.66. The van der Waals surface area contributed by atoms with Crippen molar-refractivity contribution in [1.29, 1.82) is 0 Å². The van der Waals surface area contributed by atoms with Gasteiger partial charge in [-0.05, 0) is 42.4 Å². The Morgan fingerprint density at radius 1 is 1.13 bits per heavy atom. The van der Waals surface area contributed by atoms with E-state index in [0.717, 1.165) is 43.1 Å². The van der Waals surface area contributed by atoms with Crippen LogP contribution in [0.1, 0.15) is 11.1 Å². The predicted octanol–water partition coefficient (Wildman–Crippen LogP) is 2.34. The van der Waals surface area contributed by atoms with Crippen molar-refractivity contribution in [3.05, 3.63) is 53.7 Å². The van der Waals surface area contributed by atoms with E-state index in [2.05, 4.69) is 36.9 Å². The lowest BCUT2D eigenvalue weighted by molar-refractivity contribution is -0.274. The van der Waals surface area contributed by atoms with E-state index in [4.69, 9.17) is 5.73 Å². The molecular weight excluding hydrogens is 397 g/mol. The number of nitrogens with one attached hydrogen (secondary N) is 1. The highest BCUT2D eigenvalue weighted by molar-refractivity contribution is 5.77. The van der Waals surface area contributed by atoms with Crippen LogP contribution in [0.25, 0.3) is 0 Å². The Balaban J connectivity index is 1.50. The summed E-state index contributed by atoms with van der Waals surface area (Å²) in [5, 5.41) is 2.95. The van der Waals surface area contributed by atoms with Gasteiger partial charge in [-0.25, -0.2) is 9.98 Å². The van der Waals surface area contributed by atoms with E-state index in [1.165, 1.54) is 24.3 Å². The Hall–Kier alpha value is -3.01. The highest BCUT2D eigenvalue weighted by atomic mass is 19.4. The molecule has 0 saturated carbocycles. The van der Waals surface area contributed by atoms with E-state index < -0.39 is 6.36 Å². The summed E-state index contributed by atoms with van der Waals surface area (Å²) in [5.74, 6) is 0.925. The van der Waals surface area contributed by atoms with Crippen LogP contribution in [0.15, 0.2) is 47.6 Å². The molecule has 0 spiro atoms. The first-order valence-corrected chi connectivity index (χ1v) is 9.55. The summed E-state index contributed by atoms with van der Waals surface area (Å²) in [7, 11) is 2.11. The number of hydrogen-bond acceptors (Lipinski definition) is 5. The zero-order chi connectivity index (χ0) is 21.6. The molecule has 30 heavy (non-hydrogen) atoms. The van der Waals surface area contributed by atoms with Crippen LogP contribution in [0.5, 0.6) is 5.75 Å². The van der Waals surface area contributed by atoms with Crippen LogP contribution in [0.2, 0.25) is 0 Å². The maximum Gasteiger partial charge on any atom is 0.573 e. The van der Waals surface area contributed by atoms with E-state index in [1.54, 1.807) is 6.20 Å². The van der Waals surface area contributed by atoms with Gasteiger partial charge in [0.25, 0.3) is 0 Å². The van der Waals surface area contributed by atoms with Crippen molar-refractivity contribution < 1.29 is 17.9 Å². The van der Waals surface area contributed by atoms with Gasteiger partial charge in [0.1, 0.15) is 11.6 Å². The molecule has 3 N–H and O–H groups in total. The third-order valence-electron chi connectivity index (χ3n) is 4.70. The van der Waals surface area contributed by atoms with E-state index in [9.17, 15) is 13.2 Å². The summed E-state index contributed by atoms with van der Waals surface area (Å²) in [6.07, 6.45) is -2.93. The fourth-order valence-electron chi connectivity index (χ4n) is 3.00. The summed E-state index contributed by atoms with van der Waals surface area (Å²) in [5.41, 5.74) is 7.66. The molecule has 0 amide bonds. The van der Waals surface area contributed by atoms with Gasteiger partial charge in [0.05, 0.1) is 6.54 Å². The predicted molar refractivity (Wildman–Crippen MR) is 109 cm³/mol. The molecule has 3 rings (SSSR count). The molecule has 1 aliphatic rings. The van der Waals surface area contributed by atoms with Crippen molar-refractivity contribution in [2.24, 2.45) is 10.7 Å². The number of nitrogens with two attached hydrogens (primary N) is 1. The number of likely N-dealkylation sites (N-methyl/N-ethyl adjacent to an activating group) is 1. The Bertz CT molecular complexity index is 848. The molecule has 0 bridgehead atoms. The van der Waals surface area contributed by atoms with Crippen LogP contribution in [-0.2, 0) is 13.1 Å². The molecule has 7 nitrogen and oxygen atoms in total. The molecule has 0 atom stereocenters. The number of benzene rings is 1. The monoisotopic (exact) mass is 422 g/mol. The summed E-state index contributed by atoms with van der Waals surface area (Å²) in [6, 6.07) is 9.50. The molecule has 2 heterocycles. The first kappa shape index (κ1) is 21.7. The summed E-state index contributed by atoms with van der Waals surface area (Å²) in [4.78, 5) is 13.3. The van der Waals surface area contributed by atoms with E-state index in [0.29, 0.717) is 13.1 Å². The van der Waals surface area contributed by atoms with Gasteiger partial charge in [0.2, 0.25) is 0 Å². The number of hydrogen-bond donors (Lipinski definition) is 2. The van der Waals surface area contributed by atoms with E-state index in [-0.39, 0.29) is 11.7 Å². The van der Waals surface area contributed by atoms with Gasteiger partial charge in [0.15, 0.2) is 5.96 Å². The lowest BCUT2D eigenvalue weighted by atomic mass is 10.2. The van der Waals surface area contributed by atoms with Crippen LogP contribution < -0.4 is 20.7 Å². The lowest BCUT2D eigenvalue weighted by Gasteiger charge is -2.33. The van der Waals surface area contributed by atoms with Crippen LogP contribution in [0.3, 0.4) is 0 Å². The molecule has 2 aromatic rings. The standard InChI is InChI=1S/C20H25F3N6O/c1-28-8-10-29(11-9-28)18-12-16(6-7-25-18)14-27-19(24)26-13-15-2-4-17(5-3-15)30-20(21,22)23/h2-7,12H,8-11,13-14H2,1H3,(H3,24,26,27). The summed E-state index contributed by atoms with van der Waals surface area (Å²) >= 11 is 0. The first-order valence-electron chi connectivity index (χ1n) is 9.55. The van der Waals surface area contributed by atoms with Crippen molar-refractivity contribution in [3.8, 4) is 5.75 Å². The fraction of sp³-hybridized carbons (Fsp3) is 0.400. The zero-order valence-electron chi connectivity index (χ0n) is 16.7. The molecular formula is C20H25F3N6O. The molecule has 1 fully saturated rings. The second-order valence-electron chi connectivity index (χ2n) is 7.06. The minimum absolute atomic E-state index is 0.253. The highest BCUT2D eigenvalue weighted by Gasteiger charge is 2.30. The molecule has 1 aliphatic heterocycles. The average molecular weight is 422 g/mol. The smallest absolute Gasteiger partial charge is 0.406 e. The maximum atomic E-state index is 12.2. The Labute approximate surface area is 173 Å². The number of guanidine groups is 1. The lowest BCUT2D eigenvalue weighted by Crippen LogP contribution is -2.44. The number of pyridine rings is 1. The number of halogens is 3. The number of aromatic nitrogens is 1. The van der Waals surface area contributed by atoms with Crippen molar-refractivity contribution in [3.63, 3.8) is 0 Å². The number of ether oxygens (including phenoxy) is 1. The van der Waals surface area contributed by atoms with Gasteiger partial charge in [-0.2, -0.15) is 0 Å². The van der Waals surface area contributed by atoms with E-state index in [1.807, 2.05) is 12.1 Å². The van der Waals surface area contributed by atoms with Gasteiger partial charge in [-0.1, -0.05) is 12.1 Å². The van der Waals surface area contributed by atoms with Crippen LogP contribution in [0, 0.1) is 0 Å². The normalized spacial score (nSPS) is 15.9. The molecule has 1 saturated heterocycles. The van der Waals surface area contributed by atoms with Crippen molar-refractivity contribution in [2.45, 2.75) is 19.5 Å². The summed E-state index contributed by atoms with van der Waals surface area (Å²) in [6.45, 7) is 4.62. The molecule has 1 aromatic carbocycles. The van der Waals surface area contributed by atoms with Crippen molar-refractivity contribution in [1.82, 2.24) is 15.2 Å². The minimum Gasteiger partial charge on any atom is -0.406 e. The van der Waals surface area contributed by atoms with Crippen LogP contribution >= 0.6 is 0 Å². The van der Waals surface area contributed by atoms with E-state index >= 15 is 0 Å². The Morgan fingerprint density at radius 2 is 1.83 bits per heavy atom. The van der Waals surface area contributed by atoms with Gasteiger partial charge < -0.3 is 25.6 Å². The molecule has 1 aromatic heterocycles. The van der Waals surface area contributed by atoms with Crippen LogP contribution in [0.4, 0.5) is 19.0 Å². The second-order valence-corrected chi connectivity index (χ2v) is 7.06. The Morgan fingerprint density at radius 3 is 2.50 bits per heavy atom. The molecule has 10 heteroatoms. The van der Waals surface area contributed by atoms with Crippen molar-refractivity contribution >= 4 is 11.8 Å². The topological polar surface area (TPSA) is 79.0 Å². The van der Waals surface area contributed by atoms with Gasteiger partial charge >= 0.3 is 6.36 Å². The van der Waals surface area contributed by atoms with Gasteiger partial charge in [-0.15, -0.1) is 13.2 Å². The third kappa shape index (κ3) is 6.80. The molecule has 0 unspecified atom stereocenters. The molecule has 0 aliphatic carbocycles. The summed E-state index contributed by atoms with van der Waals surface area (Å²) < 4.78 is 40.4. The minimum atomic E-state index is -4.70. The Kier molecular flexibility index (Phi) is 6.99. The average Bonchev–Trinajstić information content (AvgIpc) is 2.71. The number of aliphatic imine (C=N–C) groups is 1. The number of anilines is 1. The van der Waals surface area contributed by atoms with Gasteiger partial charge in [0, 0.05) is 38.9 Å². The molecule has 162 valence electrons. The molecule has 0 radical (unpaired) electrons. The number of piperazine rings is 1. The largest absolute Gasteiger partial charge is 0.573 e. The first-order chi connectivity index (χ1) is 14.3. The quantitative estimate of drug-likeness (QED) is 0.550. The van der Waals surface area contributed by atoms with Gasteiger partial charge in [-0.3, -0.25) is 0 Å². The highest BCUT2D eigenvalue weighted by Crippen LogP contribution is 2.22. The number of nitrogens with zero attached hydrogens (tertiary/aromatic N) is 4. The van der Waals surface area contributed by atoms with Crippen LogP contribution in [-0.4, -0.2) is 55.4 Å². The zero-order valence-corrected chi connectivity index (χ0v) is 16.7. The number of alkyl halides is 3. The maximum absolute atomic E-state index is 12.2.